The summed E-state index contributed by atoms with van der Waals surface area (Å²) in [6.07, 6.45) is 1.80. The maximum atomic E-state index is 5.16. The minimum atomic E-state index is 0.802. The highest BCUT2D eigenvalue weighted by Gasteiger charge is 2.04. The third-order valence-electron chi connectivity index (χ3n) is 2.52. The second-order valence-electron chi connectivity index (χ2n) is 3.59. The Morgan fingerprint density at radius 3 is 2.88 bits per heavy atom. The highest BCUT2D eigenvalue weighted by Crippen LogP contribution is 2.24. The first-order valence-corrected chi connectivity index (χ1v) is 6.09. The zero-order chi connectivity index (χ0) is 11.7. The number of aromatic nitrogens is 2. The van der Waals surface area contributed by atoms with E-state index in [9.17, 15) is 0 Å². The first kappa shape index (κ1) is 10.2. The quantitative estimate of drug-likeness (QED) is 0.691. The van der Waals surface area contributed by atoms with Gasteiger partial charge in [-0.1, -0.05) is 6.07 Å². The van der Waals surface area contributed by atoms with E-state index in [2.05, 4.69) is 9.97 Å². The molecule has 0 spiro atoms. The Morgan fingerprint density at radius 2 is 2.12 bits per heavy atom. The Hall–Kier alpha value is -1.94. The van der Waals surface area contributed by atoms with E-state index in [1.807, 2.05) is 35.7 Å². The van der Waals surface area contributed by atoms with E-state index in [1.165, 1.54) is 0 Å². The van der Waals surface area contributed by atoms with Gasteiger partial charge in [0.1, 0.15) is 5.75 Å². The third-order valence-corrected chi connectivity index (χ3v) is 3.42. The van der Waals surface area contributed by atoms with Crippen LogP contribution >= 0.6 is 11.3 Å². The van der Waals surface area contributed by atoms with Gasteiger partial charge < -0.3 is 4.74 Å². The van der Waals surface area contributed by atoms with Gasteiger partial charge in [-0.3, -0.25) is 4.98 Å². The Morgan fingerprint density at radius 1 is 1.18 bits per heavy atom. The van der Waals surface area contributed by atoms with E-state index >= 15 is 0 Å². The first-order valence-electron chi connectivity index (χ1n) is 5.21. The molecule has 2 aromatic heterocycles. The molecular formula is C13H10N2OS. The van der Waals surface area contributed by atoms with Crippen molar-refractivity contribution in [3.8, 4) is 16.3 Å². The molecule has 0 N–H and O–H groups in total. The maximum absolute atomic E-state index is 5.16. The number of benzene rings is 1. The summed E-state index contributed by atoms with van der Waals surface area (Å²) in [6, 6.07) is 9.78. The molecule has 3 rings (SSSR count). The molecule has 2 heterocycles. The summed E-state index contributed by atoms with van der Waals surface area (Å²) >= 11 is 1.67. The Balaban J connectivity index is 2.14. The molecule has 3 nitrogen and oxygen atoms in total. The fraction of sp³-hybridized carbons (Fsp3) is 0.0769. The number of fused-ring (bicyclic) bond motifs is 1. The summed E-state index contributed by atoms with van der Waals surface area (Å²) in [5.74, 6) is 0.802. The molecule has 0 saturated carbocycles. The molecule has 0 amide bonds. The van der Waals surface area contributed by atoms with E-state index in [0.717, 1.165) is 27.4 Å². The normalized spacial score (nSPS) is 10.6. The van der Waals surface area contributed by atoms with Gasteiger partial charge in [-0.05, 0) is 23.6 Å². The highest BCUT2D eigenvalue weighted by atomic mass is 32.1. The third kappa shape index (κ3) is 1.87. The van der Waals surface area contributed by atoms with E-state index < -0.39 is 0 Å². The van der Waals surface area contributed by atoms with Crippen molar-refractivity contribution in [2.24, 2.45) is 0 Å². The predicted molar refractivity (Wildman–Crippen MR) is 69.4 cm³/mol. The zero-order valence-corrected chi connectivity index (χ0v) is 10.1. The summed E-state index contributed by atoms with van der Waals surface area (Å²) in [6.45, 7) is 0. The SMILES string of the molecule is COc1ccc2nc(-c3cccs3)cnc2c1. The molecule has 0 aliphatic heterocycles. The van der Waals surface area contributed by atoms with E-state index in [0.29, 0.717) is 0 Å². The number of hydrogen-bond acceptors (Lipinski definition) is 4. The fourth-order valence-electron chi connectivity index (χ4n) is 1.66. The van der Waals surface area contributed by atoms with Gasteiger partial charge in [0.2, 0.25) is 0 Å². The molecule has 0 aliphatic carbocycles. The molecule has 0 fully saturated rings. The molecular weight excluding hydrogens is 232 g/mol. The summed E-state index contributed by atoms with van der Waals surface area (Å²) in [5, 5.41) is 2.04. The van der Waals surface area contributed by atoms with Gasteiger partial charge in [0.15, 0.2) is 0 Å². The number of methoxy groups -OCH3 is 1. The van der Waals surface area contributed by atoms with Gasteiger partial charge in [0.05, 0.1) is 34.9 Å². The largest absolute Gasteiger partial charge is 0.497 e. The van der Waals surface area contributed by atoms with Crippen LogP contribution in [0.3, 0.4) is 0 Å². The number of hydrogen-bond donors (Lipinski definition) is 0. The Bertz CT molecular complexity index is 650. The van der Waals surface area contributed by atoms with Gasteiger partial charge in [0, 0.05) is 6.07 Å². The van der Waals surface area contributed by atoms with Gasteiger partial charge in [-0.15, -0.1) is 11.3 Å². The minimum absolute atomic E-state index is 0.802. The standard InChI is InChI=1S/C13H10N2OS/c1-16-9-4-5-10-11(7-9)14-8-12(15-10)13-3-2-6-17-13/h2-8H,1H3. The molecule has 0 atom stereocenters. The van der Waals surface area contributed by atoms with E-state index in [-0.39, 0.29) is 0 Å². The van der Waals surface area contributed by atoms with Crippen molar-refractivity contribution >= 4 is 22.4 Å². The molecule has 0 bridgehead atoms. The van der Waals surface area contributed by atoms with Crippen LogP contribution < -0.4 is 4.74 Å². The number of ether oxygens (including phenoxy) is 1. The van der Waals surface area contributed by atoms with Crippen LogP contribution in [0.1, 0.15) is 0 Å². The van der Waals surface area contributed by atoms with Crippen molar-refractivity contribution in [1.29, 1.82) is 0 Å². The minimum Gasteiger partial charge on any atom is -0.497 e. The topological polar surface area (TPSA) is 35.0 Å². The van der Waals surface area contributed by atoms with Crippen molar-refractivity contribution in [3.05, 3.63) is 41.9 Å². The van der Waals surface area contributed by atoms with Crippen LogP contribution in [0.5, 0.6) is 5.75 Å². The first-order chi connectivity index (χ1) is 8.36. The average Bonchev–Trinajstić information content (AvgIpc) is 2.91. The van der Waals surface area contributed by atoms with Crippen molar-refractivity contribution in [1.82, 2.24) is 9.97 Å². The second-order valence-corrected chi connectivity index (χ2v) is 4.53. The number of thiophene rings is 1. The molecule has 1 aromatic carbocycles. The molecule has 0 unspecified atom stereocenters. The average molecular weight is 242 g/mol. The summed E-state index contributed by atoms with van der Waals surface area (Å²) in [7, 11) is 1.65. The lowest BCUT2D eigenvalue weighted by molar-refractivity contribution is 0.415. The number of rotatable bonds is 2. The highest BCUT2D eigenvalue weighted by molar-refractivity contribution is 7.13. The maximum Gasteiger partial charge on any atom is 0.121 e. The van der Waals surface area contributed by atoms with Crippen molar-refractivity contribution in [2.75, 3.05) is 7.11 Å². The van der Waals surface area contributed by atoms with Crippen LogP contribution in [0, 0.1) is 0 Å². The summed E-state index contributed by atoms with van der Waals surface area (Å²) in [5.41, 5.74) is 2.65. The van der Waals surface area contributed by atoms with Crippen LogP contribution in [0.25, 0.3) is 21.6 Å². The molecule has 0 aliphatic rings. The van der Waals surface area contributed by atoms with Crippen LogP contribution in [0.15, 0.2) is 41.9 Å². The Kier molecular flexibility index (Phi) is 2.49. The fourth-order valence-corrected chi connectivity index (χ4v) is 2.34. The predicted octanol–water partition coefficient (Wildman–Crippen LogP) is 3.37. The van der Waals surface area contributed by atoms with Gasteiger partial charge in [0.25, 0.3) is 0 Å². The Labute approximate surface area is 103 Å². The monoisotopic (exact) mass is 242 g/mol. The second kappa shape index (κ2) is 4.14. The van der Waals surface area contributed by atoms with Gasteiger partial charge in [-0.25, -0.2) is 4.98 Å². The van der Waals surface area contributed by atoms with Crippen molar-refractivity contribution in [3.63, 3.8) is 0 Å². The zero-order valence-electron chi connectivity index (χ0n) is 9.25. The number of nitrogens with zero attached hydrogens (tertiary/aromatic N) is 2. The van der Waals surface area contributed by atoms with Crippen LogP contribution in [-0.2, 0) is 0 Å². The van der Waals surface area contributed by atoms with E-state index in [1.54, 1.807) is 24.6 Å². The van der Waals surface area contributed by atoms with Crippen LogP contribution in [0.4, 0.5) is 0 Å². The summed E-state index contributed by atoms with van der Waals surface area (Å²) in [4.78, 5) is 10.1. The van der Waals surface area contributed by atoms with Gasteiger partial charge in [-0.2, -0.15) is 0 Å². The van der Waals surface area contributed by atoms with E-state index in [4.69, 9.17) is 4.74 Å². The molecule has 0 saturated heterocycles. The van der Waals surface area contributed by atoms with Crippen LogP contribution in [0.2, 0.25) is 0 Å². The summed E-state index contributed by atoms with van der Waals surface area (Å²) < 4.78 is 5.16. The van der Waals surface area contributed by atoms with Gasteiger partial charge >= 0.3 is 0 Å². The molecule has 3 aromatic rings. The lowest BCUT2D eigenvalue weighted by Gasteiger charge is -2.02. The molecule has 0 radical (unpaired) electrons. The molecule has 4 heteroatoms. The van der Waals surface area contributed by atoms with Crippen LogP contribution in [-0.4, -0.2) is 17.1 Å². The molecule has 84 valence electrons. The lowest BCUT2D eigenvalue weighted by atomic mass is 10.2. The smallest absolute Gasteiger partial charge is 0.121 e. The van der Waals surface area contributed by atoms with Crippen molar-refractivity contribution < 1.29 is 4.74 Å². The molecule has 17 heavy (non-hydrogen) atoms. The lowest BCUT2D eigenvalue weighted by Crippen LogP contribution is -1.88. The van der Waals surface area contributed by atoms with Crippen molar-refractivity contribution in [2.45, 2.75) is 0 Å².